The summed E-state index contributed by atoms with van der Waals surface area (Å²) < 4.78 is 0.655. The van der Waals surface area contributed by atoms with Gasteiger partial charge in [-0.3, -0.25) is 9.98 Å². The molecule has 0 aromatic carbocycles. The average molecular weight is 240 g/mol. The lowest BCUT2D eigenvalue weighted by Crippen LogP contribution is -1.85. The fourth-order valence-electron chi connectivity index (χ4n) is 0.827. The lowest BCUT2D eigenvalue weighted by atomic mass is 10.2. The van der Waals surface area contributed by atoms with Gasteiger partial charge in [0.2, 0.25) is 0 Å². The number of aliphatic imine (C=N–C) groups is 1. The molecule has 0 spiro atoms. The number of aromatic nitrogens is 1. The van der Waals surface area contributed by atoms with Gasteiger partial charge in [0.25, 0.3) is 0 Å². The quantitative estimate of drug-likeness (QED) is 0.339. The number of hydrogen-bond donors (Lipinski definition) is 0. The van der Waals surface area contributed by atoms with Crippen molar-refractivity contribution in [1.29, 1.82) is 0 Å². The van der Waals surface area contributed by atoms with Gasteiger partial charge in [-0.25, -0.2) is 0 Å². The second-order valence-corrected chi connectivity index (χ2v) is 2.99. The van der Waals surface area contributed by atoms with Gasteiger partial charge in [-0.15, -0.1) is 0 Å². The fraction of sp³-hybridized carbons (Fsp3) is 0.143. The normalized spacial score (nSPS) is 10.0. The highest BCUT2D eigenvalue weighted by Crippen LogP contribution is 2.27. The Morgan fingerprint density at radius 2 is 2.38 bits per heavy atom. The summed E-state index contributed by atoms with van der Waals surface area (Å²) in [5.41, 5.74) is 9.50. The van der Waals surface area contributed by atoms with Crippen molar-refractivity contribution >= 4 is 27.8 Å². The van der Waals surface area contributed by atoms with Crippen molar-refractivity contribution in [3.63, 3.8) is 0 Å². The summed E-state index contributed by atoms with van der Waals surface area (Å²) in [5, 5.41) is 3.53. The van der Waals surface area contributed by atoms with E-state index < -0.39 is 0 Å². The van der Waals surface area contributed by atoms with Crippen LogP contribution in [0.5, 0.6) is 0 Å². The molecule has 6 heteroatoms. The van der Waals surface area contributed by atoms with Gasteiger partial charge in [-0.2, -0.15) is 0 Å². The molecule has 1 aromatic rings. The minimum absolute atomic E-state index is 0.503. The Bertz CT molecular complexity index is 380. The first-order valence-electron chi connectivity index (χ1n) is 3.40. The maximum absolute atomic E-state index is 8.31. The summed E-state index contributed by atoms with van der Waals surface area (Å²) >= 11 is 3.23. The largest absolute Gasteiger partial charge is 0.296 e. The van der Waals surface area contributed by atoms with Crippen molar-refractivity contribution in [3.8, 4) is 0 Å². The number of pyridine rings is 1. The third kappa shape index (κ3) is 2.27. The second-order valence-electron chi connectivity index (χ2n) is 2.14. The highest BCUT2D eigenvalue weighted by atomic mass is 79.9. The standard InChI is InChI=1S/C7H6BrN5/c1-10-2-5-3-11-4-6(8)7(5)12-13-9/h2-4H,1H3. The van der Waals surface area contributed by atoms with E-state index in [1.165, 1.54) is 0 Å². The third-order valence-electron chi connectivity index (χ3n) is 1.31. The molecule has 1 heterocycles. The maximum Gasteiger partial charge on any atom is 0.0636 e. The molecular weight excluding hydrogens is 234 g/mol. The number of nitrogens with zero attached hydrogens (tertiary/aromatic N) is 5. The Morgan fingerprint density at radius 1 is 1.62 bits per heavy atom. The second kappa shape index (κ2) is 4.59. The molecule has 0 unspecified atom stereocenters. The third-order valence-corrected chi connectivity index (χ3v) is 1.89. The Morgan fingerprint density at radius 3 is 3.00 bits per heavy atom. The van der Waals surface area contributed by atoms with Crippen molar-refractivity contribution in [2.45, 2.75) is 0 Å². The van der Waals surface area contributed by atoms with Gasteiger partial charge in [0.05, 0.1) is 5.69 Å². The van der Waals surface area contributed by atoms with E-state index in [-0.39, 0.29) is 0 Å². The van der Waals surface area contributed by atoms with Crippen molar-refractivity contribution in [2.75, 3.05) is 7.05 Å². The van der Waals surface area contributed by atoms with Crippen molar-refractivity contribution in [1.82, 2.24) is 4.98 Å². The topological polar surface area (TPSA) is 74.0 Å². The average Bonchev–Trinajstić information content (AvgIpc) is 2.11. The van der Waals surface area contributed by atoms with Gasteiger partial charge in [0.15, 0.2) is 0 Å². The number of halogens is 1. The van der Waals surface area contributed by atoms with Gasteiger partial charge in [0, 0.05) is 40.6 Å². The molecule has 0 N–H and O–H groups in total. The molecule has 5 nitrogen and oxygen atoms in total. The minimum atomic E-state index is 0.503. The van der Waals surface area contributed by atoms with Crippen molar-refractivity contribution < 1.29 is 0 Å². The SMILES string of the molecule is CN=Cc1cncc(Br)c1N=[N+]=[N-]. The predicted molar refractivity (Wildman–Crippen MR) is 54.3 cm³/mol. The first-order chi connectivity index (χ1) is 6.29. The van der Waals surface area contributed by atoms with Crippen LogP contribution in [0.1, 0.15) is 5.56 Å². The van der Waals surface area contributed by atoms with E-state index in [0.717, 1.165) is 0 Å². The molecule has 0 saturated heterocycles. The zero-order valence-electron chi connectivity index (χ0n) is 6.85. The Hall–Kier alpha value is -1.39. The summed E-state index contributed by atoms with van der Waals surface area (Å²) in [6.45, 7) is 0. The summed E-state index contributed by atoms with van der Waals surface area (Å²) in [5.74, 6) is 0. The van der Waals surface area contributed by atoms with E-state index in [1.54, 1.807) is 25.7 Å². The molecule has 13 heavy (non-hydrogen) atoms. The monoisotopic (exact) mass is 239 g/mol. The Balaban J connectivity index is 3.33. The van der Waals surface area contributed by atoms with Crippen LogP contribution in [0.3, 0.4) is 0 Å². The van der Waals surface area contributed by atoms with E-state index >= 15 is 0 Å². The van der Waals surface area contributed by atoms with Crippen molar-refractivity contribution in [3.05, 3.63) is 32.9 Å². The van der Waals surface area contributed by atoms with Crippen LogP contribution in [-0.4, -0.2) is 18.2 Å². The molecule has 0 saturated carbocycles. The molecule has 66 valence electrons. The number of azide groups is 1. The molecule has 0 radical (unpaired) electrons. The van der Waals surface area contributed by atoms with Crippen LogP contribution in [0.25, 0.3) is 10.4 Å². The lowest BCUT2D eigenvalue weighted by molar-refractivity contribution is 1.27. The van der Waals surface area contributed by atoms with Crippen LogP contribution in [-0.2, 0) is 0 Å². The van der Waals surface area contributed by atoms with Crippen LogP contribution in [0.2, 0.25) is 0 Å². The van der Waals surface area contributed by atoms with Crippen molar-refractivity contribution in [2.24, 2.45) is 10.1 Å². The highest BCUT2D eigenvalue weighted by molar-refractivity contribution is 9.10. The maximum atomic E-state index is 8.31. The van der Waals surface area contributed by atoms with Crippen LogP contribution in [0.15, 0.2) is 27.0 Å². The highest BCUT2D eigenvalue weighted by Gasteiger charge is 2.02. The summed E-state index contributed by atoms with van der Waals surface area (Å²) in [7, 11) is 1.64. The fourth-order valence-corrected chi connectivity index (χ4v) is 1.25. The number of hydrogen-bond acceptors (Lipinski definition) is 3. The van der Waals surface area contributed by atoms with Crippen LogP contribution >= 0.6 is 15.9 Å². The van der Waals surface area contributed by atoms with Gasteiger partial charge in [0.1, 0.15) is 0 Å². The zero-order valence-corrected chi connectivity index (χ0v) is 8.43. The summed E-state index contributed by atoms with van der Waals surface area (Å²) in [4.78, 5) is 10.5. The van der Waals surface area contributed by atoms with Crippen LogP contribution < -0.4 is 0 Å². The first kappa shape index (κ1) is 9.70. The number of rotatable bonds is 2. The molecule has 0 atom stereocenters. The molecule has 0 aliphatic carbocycles. The van der Waals surface area contributed by atoms with Crippen LogP contribution in [0, 0.1) is 0 Å². The van der Waals surface area contributed by atoms with E-state index in [9.17, 15) is 0 Å². The van der Waals surface area contributed by atoms with E-state index in [4.69, 9.17) is 5.53 Å². The molecule has 0 amide bonds. The van der Waals surface area contributed by atoms with Gasteiger partial charge in [-0.05, 0) is 21.5 Å². The lowest BCUT2D eigenvalue weighted by Gasteiger charge is -1.99. The Labute approximate surface area is 83.3 Å². The van der Waals surface area contributed by atoms with E-state index in [2.05, 4.69) is 35.9 Å². The molecule has 0 aliphatic heterocycles. The molecule has 0 fully saturated rings. The van der Waals surface area contributed by atoms with Crippen LogP contribution in [0.4, 0.5) is 5.69 Å². The first-order valence-corrected chi connectivity index (χ1v) is 4.19. The van der Waals surface area contributed by atoms with Gasteiger partial charge >= 0.3 is 0 Å². The molecule has 0 aliphatic rings. The van der Waals surface area contributed by atoms with E-state index in [1.807, 2.05) is 0 Å². The van der Waals surface area contributed by atoms with Gasteiger partial charge < -0.3 is 0 Å². The Kier molecular flexibility index (Phi) is 3.42. The van der Waals surface area contributed by atoms with E-state index in [0.29, 0.717) is 15.7 Å². The molecule has 1 aromatic heterocycles. The minimum Gasteiger partial charge on any atom is -0.296 e. The smallest absolute Gasteiger partial charge is 0.0636 e. The molecular formula is C7H6BrN5. The van der Waals surface area contributed by atoms with Gasteiger partial charge in [-0.1, -0.05) is 5.11 Å². The summed E-state index contributed by atoms with van der Waals surface area (Å²) in [6.07, 6.45) is 4.74. The zero-order chi connectivity index (χ0) is 9.68. The summed E-state index contributed by atoms with van der Waals surface area (Å²) in [6, 6.07) is 0. The predicted octanol–water partition coefficient (Wildman–Crippen LogP) is 2.83. The molecule has 1 rings (SSSR count). The molecule has 0 bridgehead atoms.